The summed E-state index contributed by atoms with van der Waals surface area (Å²) in [5.41, 5.74) is -0.00335. The molecule has 0 unspecified atom stereocenters. The van der Waals surface area contributed by atoms with Gasteiger partial charge in [0.1, 0.15) is 5.70 Å². The first-order chi connectivity index (χ1) is 15.6. The maximum absolute atomic E-state index is 13.2. The Bertz CT molecular complexity index is 825. The maximum Gasteiger partial charge on any atom is 0.430 e. The van der Waals surface area contributed by atoms with E-state index in [1.165, 1.54) is 12.1 Å². The molecule has 33 heavy (non-hydrogen) atoms. The van der Waals surface area contributed by atoms with E-state index in [0.29, 0.717) is 43.1 Å². The number of nitrogens with one attached hydrogen (secondary N) is 1. The summed E-state index contributed by atoms with van der Waals surface area (Å²) in [6.07, 6.45) is -3.10. The number of hydrogen-bond acceptors (Lipinski definition) is 3. The zero-order valence-electron chi connectivity index (χ0n) is 18.6. The first-order valence-electron chi connectivity index (χ1n) is 11.8. The quantitative estimate of drug-likeness (QED) is 0.511. The van der Waals surface area contributed by atoms with Crippen molar-refractivity contribution in [1.82, 2.24) is 10.2 Å². The highest BCUT2D eigenvalue weighted by molar-refractivity contribution is 5.49. The minimum atomic E-state index is -4.34. The minimum absolute atomic E-state index is 0.0954. The fourth-order valence-corrected chi connectivity index (χ4v) is 4.97. The van der Waals surface area contributed by atoms with Crippen molar-refractivity contribution < 1.29 is 26.3 Å². The van der Waals surface area contributed by atoms with Crippen molar-refractivity contribution in [3.05, 3.63) is 41.1 Å². The summed E-state index contributed by atoms with van der Waals surface area (Å²) in [5, 5.41) is 2.79. The lowest BCUT2D eigenvalue weighted by atomic mass is 9.84. The fraction of sp³-hybridized carbons (Fsp3) is 0.667. The van der Waals surface area contributed by atoms with Crippen LogP contribution in [0.5, 0.6) is 0 Å². The van der Waals surface area contributed by atoms with Gasteiger partial charge in [0.05, 0.1) is 5.56 Å². The largest absolute Gasteiger partial charge is 0.430 e. The minimum Gasteiger partial charge on any atom is -0.378 e. The Morgan fingerprint density at radius 2 is 1.58 bits per heavy atom. The van der Waals surface area contributed by atoms with Crippen LogP contribution in [0.15, 0.2) is 35.5 Å². The fourth-order valence-electron chi connectivity index (χ4n) is 4.97. The monoisotopic (exact) mass is 475 g/mol. The number of nitrogens with zero attached hydrogens (tertiary/aromatic N) is 2. The van der Waals surface area contributed by atoms with Crippen molar-refractivity contribution in [2.24, 2.45) is 5.92 Å². The third-order valence-electron chi connectivity index (χ3n) is 7.10. The molecule has 1 heterocycles. The summed E-state index contributed by atoms with van der Waals surface area (Å²) in [5.74, 6) is 0.521. The number of rotatable bonds is 6. The highest BCUT2D eigenvalue weighted by atomic mass is 19.4. The van der Waals surface area contributed by atoms with Gasteiger partial charge in [-0.05, 0) is 81.2 Å². The van der Waals surface area contributed by atoms with E-state index in [4.69, 9.17) is 0 Å². The van der Waals surface area contributed by atoms with Gasteiger partial charge in [-0.3, -0.25) is 4.90 Å². The van der Waals surface area contributed by atoms with Crippen molar-refractivity contribution in [3.63, 3.8) is 0 Å². The molecule has 3 nitrogen and oxygen atoms in total. The number of halogens is 6. The van der Waals surface area contributed by atoms with Crippen LogP contribution in [0.1, 0.15) is 50.5 Å². The Morgan fingerprint density at radius 3 is 2.15 bits per heavy atom. The van der Waals surface area contributed by atoms with Gasteiger partial charge in [0.2, 0.25) is 0 Å². The van der Waals surface area contributed by atoms with Gasteiger partial charge in [0, 0.05) is 37.9 Å². The van der Waals surface area contributed by atoms with Gasteiger partial charge in [-0.25, -0.2) is 0 Å². The molecule has 184 valence electrons. The molecule has 2 saturated carbocycles. The average Bonchev–Trinajstić information content (AvgIpc) is 3.61. The summed E-state index contributed by atoms with van der Waals surface area (Å²) in [6, 6.07) is 5.39. The molecule has 0 amide bonds. The van der Waals surface area contributed by atoms with E-state index in [0.717, 1.165) is 57.8 Å². The summed E-state index contributed by atoms with van der Waals surface area (Å²) >= 11 is 0. The number of hydrogen-bond donors (Lipinski definition) is 1. The maximum atomic E-state index is 13.2. The Labute approximate surface area is 190 Å². The lowest BCUT2D eigenvalue weighted by molar-refractivity contribution is -0.137. The molecule has 1 aliphatic heterocycles. The van der Waals surface area contributed by atoms with Crippen molar-refractivity contribution in [2.75, 3.05) is 37.6 Å². The SMILES string of the molecule is FC(F)(F)C(NC1CCC(CCN2CCN(c3cccc(C(F)(F)F)c3)CC2)CC1)=C1CC1. The molecule has 2 aliphatic carbocycles. The highest BCUT2D eigenvalue weighted by Crippen LogP contribution is 2.39. The summed E-state index contributed by atoms with van der Waals surface area (Å²) in [7, 11) is 0. The number of anilines is 1. The molecule has 9 heteroatoms. The Balaban J connectivity index is 1.17. The normalized spacial score (nSPS) is 24.7. The van der Waals surface area contributed by atoms with Gasteiger partial charge in [-0.15, -0.1) is 0 Å². The smallest absolute Gasteiger partial charge is 0.378 e. The van der Waals surface area contributed by atoms with E-state index >= 15 is 0 Å². The summed E-state index contributed by atoms with van der Waals surface area (Å²) in [6.45, 7) is 3.90. The number of benzene rings is 1. The topological polar surface area (TPSA) is 18.5 Å². The second-order valence-electron chi connectivity index (χ2n) is 9.50. The van der Waals surface area contributed by atoms with Crippen LogP contribution in [0.25, 0.3) is 0 Å². The molecule has 1 saturated heterocycles. The van der Waals surface area contributed by atoms with Gasteiger partial charge in [0.25, 0.3) is 0 Å². The Hall–Kier alpha value is -1.90. The molecule has 1 aromatic carbocycles. The number of piperazine rings is 1. The van der Waals surface area contributed by atoms with E-state index in [2.05, 4.69) is 10.2 Å². The predicted molar refractivity (Wildman–Crippen MR) is 116 cm³/mol. The summed E-state index contributed by atoms with van der Waals surface area (Å²) in [4.78, 5) is 4.34. The Morgan fingerprint density at radius 1 is 0.909 bits per heavy atom. The van der Waals surface area contributed by atoms with Crippen LogP contribution >= 0.6 is 0 Å². The van der Waals surface area contributed by atoms with Gasteiger partial charge >= 0.3 is 12.4 Å². The van der Waals surface area contributed by atoms with E-state index in [1.54, 1.807) is 6.07 Å². The molecule has 0 aromatic heterocycles. The van der Waals surface area contributed by atoms with Crippen molar-refractivity contribution in [3.8, 4) is 0 Å². The number of alkyl halides is 6. The molecular formula is C24H31F6N3. The van der Waals surface area contributed by atoms with Gasteiger partial charge in [0.15, 0.2) is 0 Å². The number of allylic oxidation sites excluding steroid dienone is 2. The van der Waals surface area contributed by atoms with E-state index in [9.17, 15) is 26.3 Å². The first kappa shape index (κ1) is 24.2. The van der Waals surface area contributed by atoms with Crippen molar-refractivity contribution in [2.45, 2.75) is 63.3 Å². The third kappa shape index (κ3) is 6.58. The molecule has 1 N–H and O–H groups in total. The van der Waals surface area contributed by atoms with Gasteiger partial charge in [-0.2, -0.15) is 26.3 Å². The van der Waals surface area contributed by atoms with E-state index < -0.39 is 23.6 Å². The lowest BCUT2D eigenvalue weighted by Crippen LogP contribution is -2.47. The molecule has 0 atom stereocenters. The second kappa shape index (κ2) is 9.76. The molecule has 0 radical (unpaired) electrons. The van der Waals surface area contributed by atoms with Crippen LogP contribution in [-0.4, -0.2) is 49.8 Å². The van der Waals surface area contributed by atoms with Crippen LogP contribution in [0.2, 0.25) is 0 Å². The molecule has 1 aromatic rings. The summed E-state index contributed by atoms with van der Waals surface area (Å²) < 4.78 is 78.5. The van der Waals surface area contributed by atoms with E-state index in [-0.39, 0.29) is 6.04 Å². The van der Waals surface area contributed by atoms with Crippen LogP contribution in [0.3, 0.4) is 0 Å². The standard InChI is InChI=1S/C24H31F6N3/c25-23(26,27)19-2-1-3-21(16-19)33-14-12-32(13-15-33)11-10-17-4-8-20(9-5-17)31-22(18-6-7-18)24(28,29)30/h1-3,16-17,20,31H,4-15H2. The molecule has 3 aliphatic rings. The molecule has 3 fully saturated rings. The zero-order chi connectivity index (χ0) is 23.6. The van der Waals surface area contributed by atoms with Crippen LogP contribution in [0.4, 0.5) is 32.0 Å². The zero-order valence-corrected chi connectivity index (χ0v) is 18.6. The second-order valence-corrected chi connectivity index (χ2v) is 9.50. The van der Waals surface area contributed by atoms with Crippen LogP contribution in [0, 0.1) is 5.92 Å². The third-order valence-corrected chi connectivity index (χ3v) is 7.10. The van der Waals surface area contributed by atoms with Crippen molar-refractivity contribution in [1.29, 1.82) is 0 Å². The molecular weight excluding hydrogens is 444 g/mol. The van der Waals surface area contributed by atoms with Gasteiger partial charge < -0.3 is 10.2 Å². The first-order valence-corrected chi connectivity index (χ1v) is 11.8. The van der Waals surface area contributed by atoms with Crippen molar-refractivity contribution >= 4 is 5.69 Å². The van der Waals surface area contributed by atoms with Crippen LogP contribution in [-0.2, 0) is 6.18 Å². The van der Waals surface area contributed by atoms with E-state index in [1.807, 2.05) is 4.90 Å². The highest BCUT2D eigenvalue weighted by Gasteiger charge is 2.40. The van der Waals surface area contributed by atoms with Gasteiger partial charge in [-0.1, -0.05) is 6.07 Å². The average molecular weight is 476 g/mol. The molecule has 0 spiro atoms. The lowest BCUT2D eigenvalue weighted by Gasteiger charge is -2.37. The molecule has 0 bridgehead atoms. The molecule has 4 rings (SSSR count). The predicted octanol–water partition coefficient (Wildman–Crippen LogP) is 5.98. The Kier molecular flexibility index (Phi) is 7.17. The van der Waals surface area contributed by atoms with Crippen LogP contribution < -0.4 is 10.2 Å².